The van der Waals surface area contributed by atoms with E-state index in [4.69, 9.17) is 0 Å². The second-order valence-corrected chi connectivity index (χ2v) is 9.38. The normalized spacial score (nSPS) is 14.2. The van der Waals surface area contributed by atoms with Crippen molar-refractivity contribution in [3.63, 3.8) is 0 Å². The largest absolute Gasteiger partial charge is 0.343 e. The molecule has 0 saturated heterocycles. The summed E-state index contributed by atoms with van der Waals surface area (Å²) in [5.74, 6) is -0.211. The number of aryl methyl sites for hydroxylation is 3. The van der Waals surface area contributed by atoms with Gasteiger partial charge in [0.05, 0.1) is 23.3 Å². The molecule has 1 unspecified atom stereocenters. The minimum atomic E-state index is -0.235. The number of amides is 1. The maximum absolute atomic E-state index is 13.0. The lowest BCUT2D eigenvalue weighted by molar-refractivity contribution is -0.122. The summed E-state index contributed by atoms with van der Waals surface area (Å²) in [5.41, 5.74) is 5.31. The van der Waals surface area contributed by atoms with Crippen molar-refractivity contribution in [2.75, 3.05) is 0 Å². The first-order chi connectivity index (χ1) is 15.6. The Balaban J connectivity index is 1.42. The lowest BCUT2D eigenvalue weighted by Gasteiger charge is -2.22. The standard InChI is InChI=1S/C26H25N3O2S/c1-17-6-4-9-21-24(17)27-16-29(26(21)31)15-23(30)28-25(22-10-5-13-32-22)20-12-11-18-7-2-3-8-19(18)14-20/h4-6,9-14,16,25H,2-3,7-8,15H2,1H3,(H,28,30). The number of para-hydroxylation sites is 1. The van der Waals surface area contributed by atoms with Gasteiger partial charge in [-0.3, -0.25) is 14.2 Å². The summed E-state index contributed by atoms with van der Waals surface area (Å²) < 4.78 is 1.38. The van der Waals surface area contributed by atoms with Gasteiger partial charge in [-0.05, 0) is 72.4 Å². The molecule has 162 valence electrons. The summed E-state index contributed by atoms with van der Waals surface area (Å²) in [6.45, 7) is 1.86. The van der Waals surface area contributed by atoms with Gasteiger partial charge in [-0.2, -0.15) is 0 Å². The van der Waals surface area contributed by atoms with E-state index in [0.29, 0.717) is 10.9 Å². The molecule has 0 saturated carbocycles. The topological polar surface area (TPSA) is 64.0 Å². The summed E-state index contributed by atoms with van der Waals surface area (Å²) >= 11 is 1.62. The number of hydrogen-bond donors (Lipinski definition) is 1. The highest BCUT2D eigenvalue weighted by Gasteiger charge is 2.21. The van der Waals surface area contributed by atoms with Crippen LogP contribution in [0.2, 0.25) is 0 Å². The Hall–Kier alpha value is -3.25. The zero-order valence-electron chi connectivity index (χ0n) is 18.0. The number of fused-ring (bicyclic) bond motifs is 2. The summed E-state index contributed by atoms with van der Waals surface area (Å²) in [4.78, 5) is 31.4. The molecule has 2 aromatic carbocycles. The van der Waals surface area contributed by atoms with Crippen LogP contribution < -0.4 is 10.9 Å². The highest BCUT2D eigenvalue weighted by atomic mass is 32.1. The molecule has 2 aromatic heterocycles. The van der Waals surface area contributed by atoms with Crippen LogP contribution in [0.3, 0.4) is 0 Å². The first kappa shape index (κ1) is 20.6. The van der Waals surface area contributed by atoms with Crippen LogP contribution in [-0.2, 0) is 24.2 Å². The monoisotopic (exact) mass is 443 g/mol. The predicted molar refractivity (Wildman–Crippen MR) is 128 cm³/mol. The molecule has 1 aliphatic rings. The van der Waals surface area contributed by atoms with Gasteiger partial charge in [0, 0.05) is 4.88 Å². The van der Waals surface area contributed by atoms with Crippen molar-refractivity contribution >= 4 is 28.1 Å². The van der Waals surface area contributed by atoms with E-state index < -0.39 is 0 Å². The molecule has 0 radical (unpaired) electrons. The van der Waals surface area contributed by atoms with Crippen molar-refractivity contribution in [1.82, 2.24) is 14.9 Å². The molecule has 1 N–H and O–H groups in total. The van der Waals surface area contributed by atoms with E-state index in [1.54, 1.807) is 17.4 Å². The number of thiophene rings is 1. The van der Waals surface area contributed by atoms with Crippen molar-refractivity contribution in [2.24, 2.45) is 0 Å². The summed E-state index contributed by atoms with van der Waals surface area (Å²) in [5, 5.41) is 5.71. The molecular weight excluding hydrogens is 418 g/mol. The molecule has 32 heavy (non-hydrogen) atoms. The third-order valence-electron chi connectivity index (χ3n) is 6.21. The Morgan fingerprint density at radius 2 is 1.97 bits per heavy atom. The van der Waals surface area contributed by atoms with E-state index in [0.717, 1.165) is 28.8 Å². The maximum atomic E-state index is 13.0. The maximum Gasteiger partial charge on any atom is 0.261 e. The molecule has 1 aliphatic carbocycles. The average molecular weight is 444 g/mol. The van der Waals surface area contributed by atoms with Crippen LogP contribution in [0, 0.1) is 6.92 Å². The second kappa shape index (κ2) is 8.71. The van der Waals surface area contributed by atoms with Crippen LogP contribution in [0.15, 0.2) is 65.0 Å². The molecule has 6 heteroatoms. The van der Waals surface area contributed by atoms with Crippen molar-refractivity contribution < 1.29 is 4.79 Å². The van der Waals surface area contributed by atoms with Crippen molar-refractivity contribution in [1.29, 1.82) is 0 Å². The van der Waals surface area contributed by atoms with Crippen molar-refractivity contribution in [3.8, 4) is 0 Å². The van der Waals surface area contributed by atoms with Gasteiger partial charge < -0.3 is 5.32 Å². The van der Waals surface area contributed by atoms with Gasteiger partial charge in [0.25, 0.3) is 5.56 Å². The summed E-state index contributed by atoms with van der Waals surface area (Å²) in [7, 11) is 0. The summed E-state index contributed by atoms with van der Waals surface area (Å²) in [6, 6.07) is 15.9. The number of aromatic nitrogens is 2. The van der Waals surface area contributed by atoms with Gasteiger partial charge in [-0.15, -0.1) is 11.3 Å². The molecule has 5 rings (SSSR count). The third-order valence-corrected chi connectivity index (χ3v) is 7.15. The van der Waals surface area contributed by atoms with Crippen molar-refractivity contribution in [2.45, 2.75) is 45.2 Å². The molecule has 0 bridgehead atoms. The number of nitrogens with one attached hydrogen (secondary N) is 1. The number of carbonyl (C=O) groups is 1. The fourth-order valence-corrected chi connectivity index (χ4v) is 5.32. The second-order valence-electron chi connectivity index (χ2n) is 8.40. The van der Waals surface area contributed by atoms with E-state index >= 15 is 0 Å². The van der Waals surface area contributed by atoms with Crippen LogP contribution in [0.5, 0.6) is 0 Å². The highest BCUT2D eigenvalue weighted by Crippen LogP contribution is 2.30. The molecule has 1 atom stereocenters. The van der Waals surface area contributed by atoms with Gasteiger partial charge in [-0.25, -0.2) is 4.98 Å². The average Bonchev–Trinajstić information content (AvgIpc) is 3.34. The number of nitrogens with zero attached hydrogens (tertiary/aromatic N) is 2. The highest BCUT2D eigenvalue weighted by molar-refractivity contribution is 7.10. The van der Waals surface area contributed by atoms with Crippen LogP contribution in [0.4, 0.5) is 0 Å². The predicted octanol–water partition coefficient (Wildman–Crippen LogP) is 4.55. The molecule has 1 amide bonds. The number of benzene rings is 2. The van der Waals surface area contributed by atoms with E-state index in [1.165, 1.54) is 34.9 Å². The molecule has 0 fully saturated rings. The fraction of sp³-hybridized carbons (Fsp3) is 0.269. The molecule has 2 heterocycles. The Bertz CT molecular complexity index is 1340. The van der Waals surface area contributed by atoms with Crippen LogP contribution in [0.25, 0.3) is 10.9 Å². The van der Waals surface area contributed by atoms with E-state index in [2.05, 4.69) is 28.5 Å². The minimum Gasteiger partial charge on any atom is -0.343 e. The minimum absolute atomic E-state index is 0.0669. The number of carbonyl (C=O) groups excluding carboxylic acids is 1. The van der Waals surface area contributed by atoms with E-state index in [9.17, 15) is 9.59 Å². The number of hydrogen-bond acceptors (Lipinski definition) is 4. The zero-order valence-corrected chi connectivity index (χ0v) is 18.8. The van der Waals surface area contributed by atoms with Crippen LogP contribution >= 0.6 is 11.3 Å². The SMILES string of the molecule is Cc1cccc2c(=O)n(CC(=O)NC(c3ccc4c(c3)CCCC4)c3cccs3)cnc12. The zero-order chi connectivity index (χ0) is 22.1. The van der Waals surface area contributed by atoms with Gasteiger partial charge in [0.1, 0.15) is 6.54 Å². The molecule has 0 aliphatic heterocycles. The summed E-state index contributed by atoms with van der Waals surface area (Å²) in [6.07, 6.45) is 6.14. The molecule has 4 aromatic rings. The lowest BCUT2D eigenvalue weighted by atomic mass is 9.89. The first-order valence-electron chi connectivity index (χ1n) is 11.0. The molecular formula is C26H25N3O2S. The van der Waals surface area contributed by atoms with Gasteiger partial charge >= 0.3 is 0 Å². The van der Waals surface area contributed by atoms with Crippen molar-refractivity contribution in [3.05, 3.63) is 97.7 Å². The molecule has 0 spiro atoms. The molecule has 5 nitrogen and oxygen atoms in total. The Kier molecular flexibility index (Phi) is 5.62. The third kappa shape index (κ3) is 3.98. The Morgan fingerprint density at radius 3 is 2.78 bits per heavy atom. The quantitative estimate of drug-likeness (QED) is 0.492. The van der Waals surface area contributed by atoms with Gasteiger partial charge in [0.15, 0.2) is 0 Å². The smallest absolute Gasteiger partial charge is 0.261 e. The van der Waals surface area contributed by atoms with Crippen LogP contribution in [-0.4, -0.2) is 15.5 Å². The Morgan fingerprint density at radius 1 is 1.12 bits per heavy atom. The lowest BCUT2D eigenvalue weighted by Crippen LogP contribution is -2.35. The first-order valence-corrected chi connectivity index (χ1v) is 11.9. The van der Waals surface area contributed by atoms with E-state index in [-0.39, 0.29) is 24.1 Å². The number of rotatable bonds is 5. The van der Waals surface area contributed by atoms with E-state index in [1.807, 2.05) is 36.6 Å². The van der Waals surface area contributed by atoms with Crippen LogP contribution in [0.1, 0.15) is 46.0 Å². The Labute approximate surface area is 190 Å². The van der Waals surface area contributed by atoms with Gasteiger partial charge in [-0.1, -0.05) is 36.4 Å². The fourth-order valence-electron chi connectivity index (χ4n) is 4.52. The van der Waals surface area contributed by atoms with Gasteiger partial charge in [0.2, 0.25) is 5.91 Å².